The molecular weight excluding hydrogens is 454 g/mol. The highest BCUT2D eigenvalue weighted by molar-refractivity contribution is 7.84. The van der Waals surface area contributed by atoms with Crippen LogP contribution in [0.5, 0.6) is 0 Å². The van der Waals surface area contributed by atoms with Gasteiger partial charge in [0.2, 0.25) is 0 Å². The molecular formula is C30H30O2P2. The van der Waals surface area contributed by atoms with Crippen LogP contribution < -0.4 is 21.2 Å². The van der Waals surface area contributed by atoms with Crippen molar-refractivity contribution in [2.75, 3.05) is 0 Å². The summed E-state index contributed by atoms with van der Waals surface area (Å²) in [6.07, 6.45) is 0. The third-order valence-corrected chi connectivity index (χ3v) is 11.8. The van der Waals surface area contributed by atoms with Gasteiger partial charge in [-0.3, -0.25) is 0 Å². The van der Waals surface area contributed by atoms with E-state index in [4.69, 9.17) is 0 Å². The average molecular weight is 485 g/mol. The van der Waals surface area contributed by atoms with Crippen LogP contribution in [0.25, 0.3) is 0 Å². The molecule has 0 N–H and O–H groups in total. The highest BCUT2D eigenvalue weighted by atomic mass is 31.2. The van der Waals surface area contributed by atoms with Gasteiger partial charge >= 0.3 is 0 Å². The van der Waals surface area contributed by atoms with Gasteiger partial charge in [-0.1, -0.05) is 119 Å². The molecule has 0 bridgehead atoms. The quantitative estimate of drug-likeness (QED) is 0.285. The fraction of sp³-hybridized carbons (Fsp3) is 0.133. The van der Waals surface area contributed by atoms with Crippen molar-refractivity contribution in [2.24, 2.45) is 0 Å². The van der Waals surface area contributed by atoms with Crippen molar-refractivity contribution in [2.45, 2.75) is 27.7 Å². The molecule has 0 amide bonds. The van der Waals surface area contributed by atoms with Gasteiger partial charge in [0.25, 0.3) is 0 Å². The summed E-state index contributed by atoms with van der Waals surface area (Å²) >= 11 is 0. The van der Waals surface area contributed by atoms with E-state index in [1.54, 1.807) is 11.6 Å². The highest BCUT2D eigenvalue weighted by Gasteiger charge is 2.29. The molecule has 4 rings (SSSR count). The van der Waals surface area contributed by atoms with E-state index in [0.29, 0.717) is 0 Å². The minimum atomic E-state index is -3.17. The maximum atomic E-state index is 14.6. The second-order valence-electron chi connectivity index (χ2n) is 8.96. The topological polar surface area (TPSA) is 34.1 Å². The smallest absolute Gasteiger partial charge is 0.164 e. The molecule has 4 aromatic carbocycles. The molecule has 2 nitrogen and oxygen atoms in total. The van der Waals surface area contributed by atoms with Crippen LogP contribution in [0.2, 0.25) is 0 Å². The summed E-state index contributed by atoms with van der Waals surface area (Å²) in [6, 6.07) is 31.2. The lowest BCUT2D eigenvalue weighted by Gasteiger charge is -2.20. The van der Waals surface area contributed by atoms with Crippen LogP contribution >= 0.6 is 14.3 Å². The molecule has 0 saturated carbocycles. The zero-order valence-electron chi connectivity index (χ0n) is 20.1. The molecule has 34 heavy (non-hydrogen) atoms. The first kappa shape index (κ1) is 24.2. The van der Waals surface area contributed by atoms with E-state index in [2.05, 4.69) is 0 Å². The lowest BCUT2D eigenvalue weighted by Crippen LogP contribution is -2.17. The SMILES string of the molecule is Cc1ccc(P(=O)(/C=C/P(=O)(c2ccc(C)cc2)c2ccc(C)cc2)c2ccc(C)cc2)cc1. The van der Waals surface area contributed by atoms with Crippen LogP contribution in [-0.4, -0.2) is 0 Å². The molecule has 0 aliphatic heterocycles. The van der Waals surface area contributed by atoms with Gasteiger partial charge < -0.3 is 9.13 Å². The number of benzene rings is 4. The van der Waals surface area contributed by atoms with Gasteiger partial charge in [0.1, 0.15) is 0 Å². The zero-order valence-corrected chi connectivity index (χ0v) is 21.9. The molecule has 0 spiro atoms. The molecule has 4 aromatic rings. The van der Waals surface area contributed by atoms with Gasteiger partial charge in [-0.15, -0.1) is 0 Å². The predicted molar refractivity (Wildman–Crippen MR) is 148 cm³/mol. The van der Waals surface area contributed by atoms with E-state index < -0.39 is 14.3 Å². The van der Waals surface area contributed by atoms with Gasteiger partial charge in [0.05, 0.1) is 0 Å². The molecule has 0 radical (unpaired) electrons. The summed E-state index contributed by atoms with van der Waals surface area (Å²) in [6.45, 7) is 8.05. The van der Waals surface area contributed by atoms with Crippen LogP contribution in [0.1, 0.15) is 22.3 Å². The van der Waals surface area contributed by atoms with E-state index in [9.17, 15) is 9.13 Å². The van der Waals surface area contributed by atoms with E-state index in [1.165, 1.54) is 0 Å². The lowest BCUT2D eigenvalue weighted by atomic mass is 10.2. The third kappa shape index (κ3) is 4.95. The number of hydrogen-bond acceptors (Lipinski definition) is 2. The first-order chi connectivity index (χ1) is 16.2. The summed E-state index contributed by atoms with van der Waals surface area (Å²) in [5, 5.41) is 2.94. The third-order valence-electron chi connectivity index (χ3n) is 6.16. The second kappa shape index (κ2) is 9.75. The van der Waals surface area contributed by atoms with Crippen LogP contribution in [0.15, 0.2) is 109 Å². The first-order valence-electron chi connectivity index (χ1n) is 11.4. The number of hydrogen-bond donors (Lipinski definition) is 0. The Morgan fingerprint density at radius 3 is 0.735 bits per heavy atom. The summed E-state index contributed by atoms with van der Waals surface area (Å²) in [4.78, 5) is 0. The summed E-state index contributed by atoms with van der Waals surface area (Å²) in [5.41, 5.74) is 4.42. The van der Waals surface area contributed by atoms with Gasteiger partial charge in [0.15, 0.2) is 14.3 Å². The van der Waals surface area contributed by atoms with E-state index in [1.807, 2.05) is 125 Å². The van der Waals surface area contributed by atoms with Crippen molar-refractivity contribution in [3.8, 4) is 0 Å². The standard InChI is InChI=1S/C30H30O2P2/c1-23-5-13-27(14-6-23)33(31,28-15-7-24(2)8-16-28)21-22-34(32,29-17-9-25(3)10-18-29)30-19-11-26(4)12-20-30/h5-22H,1-4H3/b22-21+. The van der Waals surface area contributed by atoms with Gasteiger partial charge in [-0.05, 0) is 39.3 Å². The highest BCUT2D eigenvalue weighted by Crippen LogP contribution is 2.52. The molecule has 0 aromatic heterocycles. The Balaban J connectivity index is 1.91. The van der Waals surface area contributed by atoms with Crippen molar-refractivity contribution in [1.29, 1.82) is 0 Å². The molecule has 0 unspecified atom stereocenters. The Hall–Kier alpha value is -2.92. The van der Waals surface area contributed by atoms with Crippen LogP contribution in [0.4, 0.5) is 0 Å². The largest absolute Gasteiger partial charge is 0.309 e. The minimum Gasteiger partial charge on any atom is -0.309 e. The Labute approximate surface area is 203 Å². The molecule has 4 heteroatoms. The van der Waals surface area contributed by atoms with E-state index in [0.717, 1.165) is 43.5 Å². The molecule has 0 aliphatic carbocycles. The maximum absolute atomic E-state index is 14.6. The Bertz CT molecular complexity index is 1190. The van der Waals surface area contributed by atoms with Crippen molar-refractivity contribution in [3.63, 3.8) is 0 Å². The van der Waals surface area contributed by atoms with Gasteiger partial charge in [0, 0.05) is 21.2 Å². The Kier molecular flexibility index (Phi) is 6.94. The predicted octanol–water partition coefficient (Wildman–Crippen LogP) is 6.72. The normalized spacial score (nSPS) is 12.2. The average Bonchev–Trinajstić information content (AvgIpc) is 2.84. The van der Waals surface area contributed by atoms with Crippen molar-refractivity contribution >= 4 is 35.5 Å². The number of aryl methyl sites for hydroxylation is 4. The van der Waals surface area contributed by atoms with Gasteiger partial charge in [-0.25, -0.2) is 0 Å². The number of rotatable bonds is 6. The summed E-state index contributed by atoms with van der Waals surface area (Å²) in [5.74, 6) is 3.42. The monoisotopic (exact) mass is 484 g/mol. The maximum Gasteiger partial charge on any atom is 0.164 e. The molecule has 0 fully saturated rings. The molecule has 172 valence electrons. The van der Waals surface area contributed by atoms with Crippen molar-refractivity contribution < 1.29 is 9.13 Å². The van der Waals surface area contributed by atoms with Crippen LogP contribution in [0, 0.1) is 27.7 Å². The molecule has 0 saturated heterocycles. The first-order valence-corrected chi connectivity index (χ1v) is 14.9. The fourth-order valence-corrected chi connectivity index (χ4v) is 9.05. The summed E-state index contributed by atoms with van der Waals surface area (Å²) in [7, 11) is -6.35. The fourth-order valence-electron chi connectivity index (χ4n) is 3.90. The van der Waals surface area contributed by atoms with Crippen LogP contribution in [0.3, 0.4) is 0 Å². The Morgan fingerprint density at radius 1 is 0.382 bits per heavy atom. The lowest BCUT2D eigenvalue weighted by molar-refractivity contribution is 0.589. The van der Waals surface area contributed by atoms with Crippen molar-refractivity contribution in [1.82, 2.24) is 0 Å². The van der Waals surface area contributed by atoms with Crippen molar-refractivity contribution in [3.05, 3.63) is 131 Å². The second-order valence-corrected chi connectivity index (χ2v) is 14.3. The Morgan fingerprint density at radius 2 is 0.559 bits per heavy atom. The molecule has 0 aliphatic rings. The van der Waals surface area contributed by atoms with E-state index >= 15 is 0 Å². The zero-order chi connectivity index (χ0) is 24.3. The summed E-state index contributed by atoms with van der Waals surface area (Å²) < 4.78 is 29.3. The van der Waals surface area contributed by atoms with E-state index in [-0.39, 0.29) is 0 Å². The molecule has 0 heterocycles. The van der Waals surface area contributed by atoms with Gasteiger partial charge in [-0.2, -0.15) is 0 Å². The molecule has 0 atom stereocenters. The van der Waals surface area contributed by atoms with Crippen LogP contribution in [-0.2, 0) is 9.13 Å². The minimum absolute atomic E-state index is 0.734.